The molecule has 0 bridgehead atoms. The van der Waals surface area contributed by atoms with Crippen molar-refractivity contribution in [1.29, 1.82) is 0 Å². The summed E-state index contributed by atoms with van der Waals surface area (Å²) in [5.74, 6) is -1.57. The van der Waals surface area contributed by atoms with Gasteiger partial charge in [-0.15, -0.1) is 0 Å². The number of hydrogen-bond donors (Lipinski definition) is 1. The Hall–Kier alpha value is -1.51. The van der Waals surface area contributed by atoms with Gasteiger partial charge in [0.05, 0.1) is 31.0 Å². The Morgan fingerprint density at radius 3 is 2.75 bits per heavy atom. The van der Waals surface area contributed by atoms with Gasteiger partial charge in [-0.3, -0.25) is 9.78 Å². The number of aromatic nitrogens is 1. The van der Waals surface area contributed by atoms with Crippen LogP contribution in [-0.2, 0) is 26.1 Å². The Morgan fingerprint density at radius 2 is 2.20 bits per heavy atom. The summed E-state index contributed by atoms with van der Waals surface area (Å²) in [6.45, 7) is 0.500. The fraction of sp³-hybridized carbons (Fsp3) is 0.500. The molecule has 1 aromatic heterocycles. The summed E-state index contributed by atoms with van der Waals surface area (Å²) in [5.41, 5.74) is 0.600. The van der Waals surface area contributed by atoms with E-state index in [0.717, 1.165) is 0 Å². The minimum Gasteiger partial charge on any atom is -0.481 e. The molecule has 20 heavy (non-hydrogen) atoms. The normalized spacial score (nSPS) is 11.7. The molecule has 0 unspecified atom stereocenters. The first-order valence-electron chi connectivity index (χ1n) is 6.04. The maximum Gasteiger partial charge on any atom is 0.304 e. The minimum absolute atomic E-state index is 0.103. The van der Waals surface area contributed by atoms with Crippen LogP contribution in [0.5, 0.6) is 0 Å². The third-order valence-corrected chi connectivity index (χ3v) is 4.40. The van der Waals surface area contributed by atoms with Crippen molar-refractivity contribution in [3.8, 4) is 0 Å². The molecule has 0 saturated carbocycles. The van der Waals surface area contributed by atoms with Crippen LogP contribution in [0.4, 0.5) is 0 Å². The fourth-order valence-corrected chi connectivity index (χ4v) is 2.90. The molecule has 112 valence electrons. The predicted octanol–water partition coefficient (Wildman–Crippen LogP) is 0.334. The van der Waals surface area contributed by atoms with Crippen LogP contribution in [0.1, 0.15) is 12.1 Å². The molecule has 0 fully saturated rings. The number of nitrogens with zero attached hydrogens (tertiary/aromatic N) is 2. The highest BCUT2D eigenvalue weighted by Gasteiger charge is 2.23. The van der Waals surface area contributed by atoms with Crippen LogP contribution in [0.2, 0.25) is 0 Å². The van der Waals surface area contributed by atoms with E-state index in [9.17, 15) is 13.2 Å². The quantitative estimate of drug-likeness (QED) is 0.706. The number of carboxylic acid groups (broad SMARTS) is 1. The smallest absolute Gasteiger partial charge is 0.304 e. The van der Waals surface area contributed by atoms with Gasteiger partial charge in [-0.05, 0) is 12.1 Å². The predicted molar refractivity (Wildman–Crippen MR) is 72.6 cm³/mol. The van der Waals surface area contributed by atoms with Crippen LogP contribution in [0.25, 0.3) is 0 Å². The molecule has 1 aromatic rings. The lowest BCUT2D eigenvalue weighted by molar-refractivity contribution is -0.136. The van der Waals surface area contributed by atoms with Crippen LogP contribution in [0.15, 0.2) is 24.4 Å². The lowest BCUT2D eigenvalue weighted by Crippen LogP contribution is -2.36. The zero-order valence-electron chi connectivity index (χ0n) is 11.2. The number of aliphatic carboxylic acids is 1. The fourth-order valence-electron chi connectivity index (χ4n) is 1.53. The zero-order chi connectivity index (χ0) is 15.0. The number of rotatable bonds is 9. The summed E-state index contributed by atoms with van der Waals surface area (Å²) >= 11 is 0. The van der Waals surface area contributed by atoms with Crippen molar-refractivity contribution in [2.75, 3.05) is 26.0 Å². The number of methoxy groups -OCH3 is 1. The Bertz CT molecular complexity index is 518. The molecular weight excluding hydrogens is 284 g/mol. The Kier molecular flexibility index (Phi) is 6.56. The van der Waals surface area contributed by atoms with Gasteiger partial charge in [-0.1, -0.05) is 6.07 Å². The van der Waals surface area contributed by atoms with Crippen LogP contribution in [0.3, 0.4) is 0 Å². The average molecular weight is 302 g/mol. The topological polar surface area (TPSA) is 96.8 Å². The lowest BCUT2D eigenvalue weighted by Gasteiger charge is -2.21. The second-order valence-electron chi connectivity index (χ2n) is 4.11. The summed E-state index contributed by atoms with van der Waals surface area (Å²) < 4.78 is 30.3. The van der Waals surface area contributed by atoms with Crippen molar-refractivity contribution in [2.45, 2.75) is 13.0 Å². The molecule has 8 heteroatoms. The van der Waals surface area contributed by atoms with Crippen molar-refractivity contribution in [3.63, 3.8) is 0 Å². The number of pyridine rings is 1. The van der Waals surface area contributed by atoms with Gasteiger partial charge >= 0.3 is 5.97 Å². The molecule has 0 spiro atoms. The van der Waals surface area contributed by atoms with Crippen molar-refractivity contribution in [2.24, 2.45) is 0 Å². The van der Waals surface area contributed by atoms with Gasteiger partial charge in [-0.2, -0.15) is 4.31 Å². The third kappa shape index (κ3) is 5.64. The van der Waals surface area contributed by atoms with Crippen LogP contribution < -0.4 is 0 Å². The highest BCUT2D eigenvalue weighted by atomic mass is 32.2. The standard InChI is InChI=1S/C12H18N2O5S/c1-19-8-7-14(10-11-4-2-3-6-13-11)20(17,18)9-5-12(15)16/h2-4,6H,5,7-10H2,1H3,(H,15,16). The summed E-state index contributed by atoms with van der Waals surface area (Å²) in [6, 6.07) is 5.22. The van der Waals surface area contributed by atoms with E-state index in [-0.39, 0.29) is 19.7 Å². The van der Waals surface area contributed by atoms with E-state index in [4.69, 9.17) is 9.84 Å². The molecule has 7 nitrogen and oxygen atoms in total. The van der Waals surface area contributed by atoms with E-state index in [0.29, 0.717) is 5.69 Å². The van der Waals surface area contributed by atoms with E-state index in [1.54, 1.807) is 24.4 Å². The number of hydrogen-bond acceptors (Lipinski definition) is 5. The molecule has 0 aliphatic heterocycles. The van der Waals surface area contributed by atoms with Crippen molar-refractivity contribution >= 4 is 16.0 Å². The van der Waals surface area contributed by atoms with Gasteiger partial charge in [-0.25, -0.2) is 8.42 Å². The molecule has 0 aliphatic rings. The summed E-state index contributed by atoms with van der Waals surface area (Å²) in [4.78, 5) is 14.6. The highest BCUT2D eigenvalue weighted by molar-refractivity contribution is 7.89. The molecule has 1 N–H and O–H groups in total. The second-order valence-corrected chi connectivity index (χ2v) is 6.20. The van der Waals surface area contributed by atoms with Gasteiger partial charge in [0, 0.05) is 19.9 Å². The maximum absolute atomic E-state index is 12.1. The SMILES string of the molecule is COCCN(Cc1ccccn1)S(=O)(=O)CCC(=O)O. The molecule has 0 atom stereocenters. The van der Waals surface area contributed by atoms with Gasteiger partial charge < -0.3 is 9.84 Å². The molecule has 0 aliphatic carbocycles. The largest absolute Gasteiger partial charge is 0.481 e. The first kappa shape index (κ1) is 16.5. The molecule has 1 heterocycles. The minimum atomic E-state index is -3.66. The molecule has 1 rings (SSSR count). The van der Waals surface area contributed by atoms with E-state index < -0.39 is 28.2 Å². The Labute approximate surface area is 118 Å². The summed E-state index contributed by atoms with van der Waals surface area (Å²) in [6.07, 6.45) is 1.15. The Balaban J connectivity index is 2.79. The van der Waals surface area contributed by atoms with E-state index >= 15 is 0 Å². The third-order valence-electron chi connectivity index (χ3n) is 2.58. The summed E-state index contributed by atoms with van der Waals surface area (Å²) in [7, 11) is -2.18. The Morgan fingerprint density at radius 1 is 1.45 bits per heavy atom. The van der Waals surface area contributed by atoms with Crippen LogP contribution >= 0.6 is 0 Å². The molecule has 0 amide bonds. The molecule has 0 aromatic carbocycles. The zero-order valence-corrected chi connectivity index (χ0v) is 12.0. The van der Waals surface area contributed by atoms with Gasteiger partial charge in [0.2, 0.25) is 10.0 Å². The number of carbonyl (C=O) groups is 1. The average Bonchev–Trinajstić information content (AvgIpc) is 2.42. The number of carboxylic acids is 1. The maximum atomic E-state index is 12.1. The van der Waals surface area contributed by atoms with E-state index in [2.05, 4.69) is 4.98 Å². The van der Waals surface area contributed by atoms with Crippen molar-refractivity contribution in [3.05, 3.63) is 30.1 Å². The van der Waals surface area contributed by atoms with E-state index in [1.165, 1.54) is 11.4 Å². The second kappa shape index (κ2) is 7.93. The summed E-state index contributed by atoms with van der Waals surface area (Å²) in [5, 5.41) is 8.60. The molecule has 0 radical (unpaired) electrons. The van der Waals surface area contributed by atoms with Gasteiger partial charge in [0.15, 0.2) is 0 Å². The van der Waals surface area contributed by atoms with Crippen molar-refractivity contribution < 1.29 is 23.1 Å². The first-order chi connectivity index (χ1) is 9.45. The molecular formula is C12H18N2O5S. The number of ether oxygens (including phenoxy) is 1. The number of sulfonamides is 1. The lowest BCUT2D eigenvalue weighted by atomic mass is 10.3. The van der Waals surface area contributed by atoms with Gasteiger partial charge in [0.25, 0.3) is 0 Å². The molecule has 0 saturated heterocycles. The van der Waals surface area contributed by atoms with E-state index in [1.807, 2.05) is 0 Å². The first-order valence-corrected chi connectivity index (χ1v) is 7.65. The monoisotopic (exact) mass is 302 g/mol. The van der Waals surface area contributed by atoms with Crippen LogP contribution in [-0.4, -0.2) is 54.8 Å². The van der Waals surface area contributed by atoms with Crippen molar-refractivity contribution in [1.82, 2.24) is 9.29 Å². The van der Waals surface area contributed by atoms with Gasteiger partial charge in [0.1, 0.15) is 0 Å². The van der Waals surface area contributed by atoms with Crippen LogP contribution in [0, 0.1) is 0 Å². The highest BCUT2D eigenvalue weighted by Crippen LogP contribution is 2.09.